The number of sulfonamides is 1. The Hall–Kier alpha value is -2.23. The third-order valence-corrected chi connectivity index (χ3v) is 6.37. The van der Waals surface area contributed by atoms with Crippen molar-refractivity contribution in [3.63, 3.8) is 0 Å². The Morgan fingerprint density at radius 3 is 2.32 bits per heavy atom. The molecule has 2 aromatic carbocycles. The molecular weight excluding hydrogens is 448 g/mol. The Morgan fingerprint density at radius 1 is 1.14 bits per heavy atom. The van der Waals surface area contributed by atoms with Crippen LogP contribution in [0.1, 0.15) is 28.4 Å². The van der Waals surface area contributed by atoms with Gasteiger partial charge in [-0.25, -0.2) is 12.7 Å². The van der Waals surface area contributed by atoms with Crippen LogP contribution in [-0.4, -0.2) is 45.8 Å². The average molecular weight is 469 g/mol. The molecule has 0 heterocycles. The van der Waals surface area contributed by atoms with Gasteiger partial charge in [0.25, 0.3) is 5.91 Å². The van der Waals surface area contributed by atoms with Crippen LogP contribution in [0.25, 0.3) is 0 Å². The Bertz CT molecular complexity index is 959. The van der Waals surface area contributed by atoms with Crippen molar-refractivity contribution in [3.8, 4) is 0 Å². The van der Waals surface area contributed by atoms with Gasteiger partial charge in [0.2, 0.25) is 10.0 Å². The molecule has 1 amide bonds. The van der Waals surface area contributed by atoms with Crippen LogP contribution in [0.2, 0.25) is 0 Å². The summed E-state index contributed by atoms with van der Waals surface area (Å²) in [5.74, 6) is -0.889. The van der Waals surface area contributed by atoms with Gasteiger partial charge >= 0.3 is 5.97 Å². The fraction of sp³-hybridized carbons (Fsp3) is 0.263. The maximum absolute atomic E-state index is 12.6. The summed E-state index contributed by atoms with van der Waals surface area (Å²) < 4.78 is 30.9. The second-order valence-corrected chi connectivity index (χ2v) is 9.24. The molecule has 2 rings (SSSR count). The number of benzene rings is 2. The summed E-state index contributed by atoms with van der Waals surface area (Å²) in [6, 6.07) is 12.3. The average Bonchev–Trinajstić information content (AvgIpc) is 2.67. The molecule has 1 N–H and O–H groups in total. The van der Waals surface area contributed by atoms with Crippen LogP contribution >= 0.6 is 15.9 Å². The van der Waals surface area contributed by atoms with Gasteiger partial charge in [0, 0.05) is 24.1 Å². The van der Waals surface area contributed by atoms with Gasteiger partial charge in [0.1, 0.15) is 0 Å². The van der Waals surface area contributed by atoms with Gasteiger partial charge in [-0.1, -0.05) is 28.1 Å². The lowest BCUT2D eigenvalue weighted by molar-refractivity contribution is -0.141. The van der Waals surface area contributed by atoms with E-state index in [1.807, 2.05) is 6.07 Å². The molecule has 0 radical (unpaired) electrons. The zero-order chi connectivity index (χ0) is 20.9. The standard InChI is InChI=1S/C19H21BrN2O5S/c1-22(2)28(25,26)16-9-7-13(8-10-16)19(24)21-17(12-18(23)27-3)14-5-4-6-15(20)11-14/h4-11,17H,12H2,1-3H3,(H,21,24). The lowest BCUT2D eigenvalue weighted by atomic mass is 10.0. The van der Waals surface area contributed by atoms with Crippen LogP contribution in [0, 0.1) is 0 Å². The molecule has 0 bridgehead atoms. The normalized spacial score (nSPS) is 12.5. The minimum Gasteiger partial charge on any atom is -0.469 e. The Labute approximate surface area is 172 Å². The Morgan fingerprint density at radius 2 is 1.79 bits per heavy atom. The third-order valence-electron chi connectivity index (χ3n) is 4.05. The van der Waals surface area contributed by atoms with E-state index in [0.717, 1.165) is 14.3 Å². The monoisotopic (exact) mass is 468 g/mol. The Balaban J connectivity index is 2.24. The van der Waals surface area contributed by atoms with Gasteiger partial charge in [-0.15, -0.1) is 0 Å². The highest BCUT2D eigenvalue weighted by Gasteiger charge is 2.21. The minimum atomic E-state index is -3.57. The van der Waals surface area contributed by atoms with E-state index in [2.05, 4.69) is 21.2 Å². The van der Waals surface area contributed by atoms with Crippen LogP contribution in [-0.2, 0) is 19.6 Å². The highest BCUT2D eigenvalue weighted by atomic mass is 79.9. The number of carbonyl (C=O) groups is 2. The van der Waals surface area contributed by atoms with Crippen molar-refractivity contribution in [2.75, 3.05) is 21.2 Å². The number of nitrogens with one attached hydrogen (secondary N) is 1. The summed E-state index contributed by atoms with van der Waals surface area (Å²) in [6.45, 7) is 0. The largest absolute Gasteiger partial charge is 0.469 e. The van der Waals surface area contributed by atoms with E-state index in [4.69, 9.17) is 4.74 Å². The third kappa shape index (κ3) is 5.40. The SMILES string of the molecule is COC(=O)CC(NC(=O)c1ccc(S(=O)(=O)N(C)C)cc1)c1cccc(Br)c1. The molecule has 9 heteroatoms. The van der Waals surface area contributed by atoms with Gasteiger partial charge in [-0.2, -0.15) is 0 Å². The summed E-state index contributed by atoms with van der Waals surface area (Å²) in [5.41, 5.74) is 1.02. The first-order valence-corrected chi connectivity index (χ1v) is 10.5. The zero-order valence-corrected chi connectivity index (χ0v) is 18.1. The number of carbonyl (C=O) groups excluding carboxylic acids is 2. The van der Waals surface area contributed by atoms with E-state index in [-0.39, 0.29) is 16.9 Å². The number of nitrogens with zero attached hydrogens (tertiary/aromatic N) is 1. The molecule has 28 heavy (non-hydrogen) atoms. The summed E-state index contributed by atoms with van der Waals surface area (Å²) in [7, 11) is 0.581. The summed E-state index contributed by atoms with van der Waals surface area (Å²) in [4.78, 5) is 24.5. The number of rotatable bonds is 7. The molecular formula is C19H21BrN2O5S. The van der Waals surface area contributed by atoms with Gasteiger partial charge < -0.3 is 10.1 Å². The molecule has 1 unspecified atom stereocenters. The van der Waals surface area contributed by atoms with Crippen molar-refractivity contribution in [1.29, 1.82) is 0 Å². The first-order chi connectivity index (χ1) is 13.1. The van der Waals surface area contributed by atoms with Gasteiger partial charge in [-0.05, 0) is 42.0 Å². The predicted octanol–water partition coefficient (Wildman–Crippen LogP) is 2.73. The van der Waals surface area contributed by atoms with Gasteiger partial charge in [0.15, 0.2) is 0 Å². The summed E-state index contributed by atoms with van der Waals surface area (Å²) in [6.07, 6.45) is -0.0359. The fourth-order valence-electron chi connectivity index (χ4n) is 2.46. The van der Waals surface area contributed by atoms with E-state index in [1.54, 1.807) is 18.2 Å². The van der Waals surface area contributed by atoms with Crippen molar-refractivity contribution >= 4 is 37.8 Å². The minimum absolute atomic E-state index is 0.0359. The lowest BCUT2D eigenvalue weighted by Crippen LogP contribution is -2.30. The van der Waals surface area contributed by atoms with Gasteiger partial charge in [0.05, 0.1) is 24.5 Å². The van der Waals surface area contributed by atoms with Crippen LogP contribution in [0.15, 0.2) is 57.9 Å². The molecule has 150 valence electrons. The first kappa shape index (κ1) is 22.1. The number of halogens is 1. The van der Waals surface area contributed by atoms with Crippen molar-refractivity contribution in [1.82, 2.24) is 9.62 Å². The fourth-order valence-corrected chi connectivity index (χ4v) is 3.77. The molecule has 7 nitrogen and oxygen atoms in total. The first-order valence-electron chi connectivity index (χ1n) is 8.31. The number of ether oxygens (including phenoxy) is 1. The number of hydrogen-bond acceptors (Lipinski definition) is 5. The molecule has 0 saturated carbocycles. The molecule has 0 aromatic heterocycles. The van der Waals surface area contributed by atoms with Gasteiger partial charge in [-0.3, -0.25) is 9.59 Å². The van der Waals surface area contributed by atoms with Crippen molar-refractivity contribution < 1.29 is 22.7 Å². The predicted molar refractivity (Wildman–Crippen MR) is 108 cm³/mol. The molecule has 0 aliphatic carbocycles. The number of amides is 1. The van der Waals surface area contributed by atoms with Crippen LogP contribution < -0.4 is 5.32 Å². The molecule has 0 saturated heterocycles. The van der Waals surface area contributed by atoms with E-state index in [9.17, 15) is 18.0 Å². The van der Waals surface area contributed by atoms with Crippen LogP contribution in [0.4, 0.5) is 0 Å². The summed E-state index contributed by atoms with van der Waals surface area (Å²) >= 11 is 3.37. The van der Waals surface area contributed by atoms with E-state index in [0.29, 0.717) is 0 Å². The number of methoxy groups -OCH3 is 1. The molecule has 0 fully saturated rings. The van der Waals surface area contributed by atoms with Crippen molar-refractivity contribution in [2.45, 2.75) is 17.4 Å². The second kappa shape index (κ2) is 9.31. The topological polar surface area (TPSA) is 92.8 Å². The van der Waals surface area contributed by atoms with E-state index < -0.39 is 27.9 Å². The van der Waals surface area contributed by atoms with Crippen molar-refractivity contribution in [3.05, 3.63) is 64.1 Å². The molecule has 0 spiro atoms. The van der Waals surface area contributed by atoms with Crippen LogP contribution in [0.5, 0.6) is 0 Å². The zero-order valence-electron chi connectivity index (χ0n) is 15.7. The smallest absolute Gasteiger partial charge is 0.307 e. The lowest BCUT2D eigenvalue weighted by Gasteiger charge is -2.19. The quantitative estimate of drug-likeness (QED) is 0.630. The maximum atomic E-state index is 12.6. The van der Waals surface area contributed by atoms with E-state index in [1.165, 1.54) is 45.5 Å². The van der Waals surface area contributed by atoms with E-state index >= 15 is 0 Å². The molecule has 0 aliphatic heterocycles. The Kier molecular flexibility index (Phi) is 7.34. The molecule has 2 aromatic rings. The van der Waals surface area contributed by atoms with Crippen molar-refractivity contribution in [2.24, 2.45) is 0 Å². The highest BCUT2D eigenvalue weighted by molar-refractivity contribution is 9.10. The second-order valence-electron chi connectivity index (χ2n) is 6.17. The molecule has 1 atom stereocenters. The van der Waals surface area contributed by atoms with Crippen LogP contribution in [0.3, 0.4) is 0 Å². The molecule has 0 aliphatic rings. The number of hydrogen-bond donors (Lipinski definition) is 1. The maximum Gasteiger partial charge on any atom is 0.307 e. The summed E-state index contributed by atoms with van der Waals surface area (Å²) in [5, 5.41) is 2.80. The number of esters is 1. The highest BCUT2D eigenvalue weighted by Crippen LogP contribution is 2.22.